The van der Waals surface area contributed by atoms with Crippen molar-refractivity contribution in [1.29, 1.82) is 0 Å². The molecule has 1 aromatic carbocycles. The number of anilines is 2. The van der Waals surface area contributed by atoms with Crippen LogP contribution in [0.1, 0.15) is 0 Å². The molecular formula is C6H4BrN. The largest absolute Gasteiger partial charge is 0.355 e. The van der Waals surface area contributed by atoms with Crippen LogP contribution in [0.25, 0.3) is 0 Å². The number of benzene rings is 1. The van der Waals surface area contributed by atoms with E-state index in [1.165, 1.54) is 11.4 Å². The van der Waals surface area contributed by atoms with Crippen molar-refractivity contribution < 1.29 is 0 Å². The van der Waals surface area contributed by atoms with Gasteiger partial charge < -0.3 is 5.32 Å². The summed E-state index contributed by atoms with van der Waals surface area (Å²) >= 11 is 3.36. The monoisotopic (exact) mass is 169 g/mol. The Kier molecular flexibility index (Phi) is 0.690. The first-order valence-corrected chi connectivity index (χ1v) is 3.21. The lowest BCUT2D eigenvalue weighted by molar-refractivity contribution is 1.45. The molecule has 2 aliphatic heterocycles. The average molecular weight is 170 g/mol. The lowest BCUT2D eigenvalue weighted by Gasteiger charge is -2.17. The van der Waals surface area contributed by atoms with E-state index in [0.29, 0.717) is 0 Å². The van der Waals surface area contributed by atoms with Crippen molar-refractivity contribution in [3.63, 3.8) is 0 Å². The van der Waals surface area contributed by atoms with E-state index in [9.17, 15) is 0 Å². The maximum Gasteiger partial charge on any atom is 0.0416 e. The highest BCUT2D eigenvalue weighted by molar-refractivity contribution is 9.10. The van der Waals surface area contributed by atoms with Gasteiger partial charge in [-0.3, -0.25) is 0 Å². The van der Waals surface area contributed by atoms with Gasteiger partial charge >= 0.3 is 0 Å². The Morgan fingerprint density at radius 2 is 1.62 bits per heavy atom. The summed E-state index contributed by atoms with van der Waals surface area (Å²) in [7, 11) is 0. The normalized spacial score (nSPS) is 12.1. The number of halogens is 1. The van der Waals surface area contributed by atoms with Crippen molar-refractivity contribution in [2.45, 2.75) is 0 Å². The Morgan fingerprint density at radius 3 is 1.88 bits per heavy atom. The van der Waals surface area contributed by atoms with E-state index in [1.807, 2.05) is 12.1 Å². The molecule has 8 heavy (non-hydrogen) atoms. The first-order valence-electron chi connectivity index (χ1n) is 2.42. The molecule has 0 aliphatic carbocycles. The minimum atomic E-state index is 1.16. The van der Waals surface area contributed by atoms with Gasteiger partial charge in [0.15, 0.2) is 0 Å². The molecule has 0 amide bonds. The second kappa shape index (κ2) is 1.26. The Bertz CT molecular complexity index is 210. The van der Waals surface area contributed by atoms with Gasteiger partial charge in [0.2, 0.25) is 0 Å². The summed E-state index contributed by atoms with van der Waals surface area (Å²) in [6.07, 6.45) is 0. The highest BCUT2D eigenvalue weighted by Gasteiger charge is 2.06. The van der Waals surface area contributed by atoms with Crippen molar-refractivity contribution >= 4 is 27.3 Å². The summed E-state index contributed by atoms with van der Waals surface area (Å²) in [4.78, 5) is 0. The van der Waals surface area contributed by atoms with Crippen LogP contribution in [0.5, 0.6) is 0 Å². The molecule has 1 N–H and O–H groups in total. The van der Waals surface area contributed by atoms with Gasteiger partial charge in [-0.1, -0.05) is 15.9 Å². The molecule has 3 rings (SSSR count). The van der Waals surface area contributed by atoms with Crippen molar-refractivity contribution in [2.24, 2.45) is 0 Å². The van der Waals surface area contributed by atoms with Crippen LogP contribution in [0.2, 0.25) is 0 Å². The molecule has 0 aromatic heterocycles. The predicted molar refractivity (Wildman–Crippen MR) is 37.4 cm³/mol. The van der Waals surface area contributed by atoms with Gasteiger partial charge in [-0.25, -0.2) is 0 Å². The second-order valence-electron chi connectivity index (χ2n) is 1.85. The fourth-order valence-electron chi connectivity index (χ4n) is 0.823. The van der Waals surface area contributed by atoms with Crippen LogP contribution >= 0.6 is 15.9 Å². The maximum absolute atomic E-state index is 3.36. The molecule has 0 saturated carbocycles. The Balaban J connectivity index is 2.69. The van der Waals surface area contributed by atoms with Crippen LogP contribution in [0.15, 0.2) is 22.7 Å². The van der Waals surface area contributed by atoms with Crippen LogP contribution in [-0.2, 0) is 0 Å². The van der Waals surface area contributed by atoms with Crippen LogP contribution in [0.3, 0.4) is 0 Å². The molecule has 2 aliphatic rings. The van der Waals surface area contributed by atoms with Crippen molar-refractivity contribution in [2.75, 3.05) is 5.32 Å². The Morgan fingerprint density at radius 1 is 1.12 bits per heavy atom. The van der Waals surface area contributed by atoms with Gasteiger partial charge in [0.25, 0.3) is 0 Å². The molecule has 0 fully saturated rings. The van der Waals surface area contributed by atoms with E-state index in [0.717, 1.165) is 4.47 Å². The van der Waals surface area contributed by atoms with Crippen LogP contribution in [0, 0.1) is 0 Å². The summed E-state index contributed by atoms with van der Waals surface area (Å²) < 4.78 is 1.16. The van der Waals surface area contributed by atoms with Crippen LogP contribution in [-0.4, -0.2) is 0 Å². The van der Waals surface area contributed by atoms with E-state index in [-0.39, 0.29) is 0 Å². The standard InChI is InChI=1S/C6H4BrN/c7-4-1-5-3-6(2-4)8-5/h1-3,8H. The Labute approximate surface area is 55.8 Å². The molecule has 0 saturated heterocycles. The number of rotatable bonds is 0. The summed E-state index contributed by atoms with van der Waals surface area (Å²) in [6.45, 7) is 0. The molecule has 0 radical (unpaired) electrons. The fourth-order valence-corrected chi connectivity index (χ4v) is 1.32. The van der Waals surface area contributed by atoms with Gasteiger partial charge in [0, 0.05) is 15.8 Å². The lowest BCUT2D eigenvalue weighted by atomic mass is 10.2. The van der Waals surface area contributed by atoms with Crippen LogP contribution in [0.4, 0.5) is 11.4 Å². The smallest absolute Gasteiger partial charge is 0.0416 e. The topological polar surface area (TPSA) is 12.0 Å². The van der Waals surface area contributed by atoms with Gasteiger partial charge in [-0.05, 0) is 18.2 Å². The maximum atomic E-state index is 3.36. The van der Waals surface area contributed by atoms with Gasteiger partial charge in [0.1, 0.15) is 0 Å². The highest BCUT2D eigenvalue weighted by atomic mass is 79.9. The van der Waals surface area contributed by atoms with Crippen molar-refractivity contribution in [3.05, 3.63) is 22.7 Å². The summed E-state index contributed by atoms with van der Waals surface area (Å²) in [6, 6.07) is 6.20. The second-order valence-corrected chi connectivity index (χ2v) is 2.77. The molecule has 40 valence electrons. The van der Waals surface area contributed by atoms with E-state index < -0.39 is 0 Å². The molecule has 1 nitrogen and oxygen atoms in total. The van der Waals surface area contributed by atoms with E-state index in [4.69, 9.17) is 0 Å². The third-order valence-electron chi connectivity index (χ3n) is 1.19. The van der Waals surface area contributed by atoms with Crippen molar-refractivity contribution in [3.8, 4) is 0 Å². The SMILES string of the molecule is Brc1cc2cc(c1)N2. The zero-order valence-electron chi connectivity index (χ0n) is 4.11. The third-order valence-corrected chi connectivity index (χ3v) is 1.64. The molecule has 0 unspecified atom stereocenters. The minimum absolute atomic E-state index is 1.16. The molecule has 2 bridgehead atoms. The zero-order chi connectivity index (χ0) is 5.56. The van der Waals surface area contributed by atoms with Crippen molar-refractivity contribution in [1.82, 2.24) is 0 Å². The molecular weight excluding hydrogens is 166 g/mol. The third kappa shape index (κ3) is 0.464. The first kappa shape index (κ1) is 4.39. The van der Waals surface area contributed by atoms with E-state index >= 15 is 0 Å². The zero-order valence-corrected chi connectivity index (χ0v) is 5.70. The molecule has 0 spiro atoms. The van der Waals surface area contributed by atoms with Crippen LogP contribution < -0.4 is 5.32 Å². The molecule has 2 heterocycles. The van der Waals surface area contributed by atoms with Gasteiger partial charge in [0.05, 0.1) is 0 Å². The quantitative estimate of drug-likeness (QED) is 0.640. The van der Waals surface area contributed by atoms with Gasteiger partial charge in [-0.15, -0.1) is 0 Å². The number of hydrogen-bond acceptors (Lipinski definition) is 1. The highest BCUT2D eigenvalue weighted by Crippen LogP contribution is 2.32. The Hall–Kier alpha value is -0.500. The predicted octanol–water partition coefficient (Wildman–Crippen LogP) is 2.51. The minimum Gasteiger partial charge on any atom is -0.355 e. The summed E-state index contributed by atoms with van der Waals surface area (Å²) in [5.74, 6) is 0. The number of fused-ring (bicyclic) bond motifs is 2. The first-order chi connectivity index (χ1) is 3.84. The molecule has 1 aromatic rings. The average Bonchev–Trinajstić information content (AvgIpc) is 1.62. The van der Waals surface area contributed by atoms with Gasteiger partial charge in [-0.2, -0.15) is 0 Å². The molecule has 2 heteroatoms. The molecule has 0 atom stereocenters. The fraction of sp³-hybridized carbons (Fsp3) is 0. The number of nitrogens with one attached hydrogen (secondary N) is 1. The lowest BCUT2D eigenvalue weighted by Crippen LogP contribution is -1.99. The van der Waals surface area contributed by atoms with E-state index in [1.54, 1.807) is 0 Å². The summed E-state index contributed by atoms with van der Waals surface area (Å²) in [5, 5.41) is 3.13. The number of hydrogen-bond donors (Lipinski definition) is 1. The van der Waals surface area contributed by atoms with E-state index in [2.05, 4.69) is 27.3 Å². The summed E-state index contributed by atoms with van der Waals surface area (Å²) in [5.41, 5.74) is 2.41.